The summed E-state index contributed by atoms with van der Waals surface area (Å²) in [6, 6.07) is 14.3. The Morgan fingerprint density at radius 3 is 2.60 bits per heavy atom. The first-order valence-corrected chi connectivity index (χ1v) is 7.29. The van der Waals surface area contributed by atoms with Crippen molar-refractivity contribution in [2.75, 3.05) is 5.32 Å². The lowest BCUT2D eigenvalue weighted by Crippen LogP contribution is -2.37. The first-order valence-electron chi connectivity index (χ1n) is 6.11. The lowest BCUT2D eigenvalue weighted by atomic mass is 10.1. The van der Waals surface area contributed by atoms with Gasteiger partial charge in [-0.3, -0.25) is 4.79 Å². The van der Waals surface area contributed by atoms with Gasteiger partial charge in [-0.05, 0) is 46.1 Å². The third-order valence-electron chi connectivity index (χ3n) is 2.82. The van der Waals surface area contributed by atoms with Crippen molar-refractivity contribution in [1.29, 1.82) is 0 Å². The van der Waals surface area contributed by atoms with Gasteiger partial charge in [0.1, 0.15) is 0 Å². The number of hydrogen-bond acceptors (Lipinski definition) is 2. The lowest BCUT2D eigenvalue weighted by molar-refractivity contribution is -0.117. The molecule has 5 heteroatoms. The van der Waals surface area contributed by atoms with Gasteiger partial charge in [-0.15, -0.1) is 0 Å². The van der Waals surface area contributed by atoms with Crippen molar-refractivity contribution in [2.45, 2.75) is 12.5 Å². The number of benzene rings is 2. The van der Waals surface area contributed by atoms with Crippen molar-refractivity contribution in [1.82, 2.24) is 0 Å². The number of halogens is 2. The summed E-state index contributed by atoms with van der Waals surface area (Å²) in [5.74, 6) is -0.229. The van der Waals surface area contributed by atoms with Gasteiger partial charge in [0.15, 0.2) is 0 Å². The molecule has 0 saturated heterocycles. The highest BCUT2D eigenvalue weighted by Gasteiger charge is 2.14. The summed E-state index contributed by atoms with van der Waals surface area (Å²) in [7, 11) is 0. The van der Waals surface area contributed by atoms with Crippen LogP contribution in [0.15, 0.2) is 53.0 Å². The van der Waals surface area contributed by atoms with Crippen LogP contribution >= 0.6 is 27.5 Å². The van der Waals surface area contributed by atoms with Crippen LogP contribution in [-0.4, -0.2) is 11.9 Å². The molecular formula is C15H14BrClN2O. The van der Waals surface area contributed by atoms with E-state index in [9.17, 15) is 4.79 Å². The van der Waals surface area contributed by atoms with Crippen molar-refractivity contribution in [2.24, 2.45) is 5.73 Å². The summed E-state index contributed by atoms with van der Waals surface area (Å²) in [4.78, 5) is 12.0. The summed E-state index contributed by atoms with van der Waals surface area (Å²) in [5.41, 5.74) is 7.57. The molecular weight excluding hydrogens is 340 g/mol. The topological polar surface area (TPSA) is 55.1 Å². The number of hydrogen-bond donors (Lipinski definition) is 2. The zero-order valence-electron chi connectivity index (χ0n) is 10.6. The predicted octanol–water partition coefficient (Wildman–Crippen LogP) is 3.61. The molecule has 1 unspecified atom stereocenters. The van der Waals surface area contributed by atoms with Gasteiger partial charge < -0.3 is 11.1 Å². The van der Waals surface area contributed by atoms with E-state index in [2.05, 4.69) is 21.2 Å². The monoisotopic (exact) mass is 352 g/mol. The molecule has 0 saturated carbocycles. The molecule has 2 rings (SSSR count). The first kappa shape index (κ1) is 15.0. The van der Waals surface area contributed by atoms with Gasteiger partial charge in [0.05, 0.1) is 11.1 Å². The fourth-order valence-corrected chi connectivity index (χ4v) is 2.20. The van der Waals surface area contributed by atoms with E-state index < -0.39 is 6.04 Å². The Kier molecular flexibility index (Phi) is 5.17. The standard InChI is InChI=1S/C15H14BrClN2O/c16-12-7-6-11(9-13(12)17)19-15(20)14(18)8-10-4-2-1-3-5-10/h1-7,9,14H,8,18H2,(H,19,20). The summed E-state index contributed by atoms with van der Waals surface area (Å²) in [5, 5.41) is 3.30. The summed E-state index contributed by atoms with van der Waals surface area (Å²) in [6.07, 6.45) is 0.497. The number of anilines is 1. The van der Waals surface area contributed by atoms with Gasteiger partial charge in [0, 0.05) is 10.2 Å². The fraction of sp³-hybridized carbons (Fsp3) is 0.133. The maximum absolute atomic E-state index is 12.0. The maximum atomic E-state index is 12.0. The highest BCUT2D eigenvalue weighted by molar-refractivity contribution is 9.10. The van der Waals surface area contributed by atoms with Crippen molar-refractivity contribution < 1.29 is 4.79 Å². The van der Waals surface area contributed by atoms with Gasteiger partial charge in [0.25, 0.3) is 0 Å². The van der Waals surface area contributed by atoms with Crippen molar-refractivity contribution in [3.63, 3.8) is 0 Å². The van der Waals surface area contributed by atoms with Gasteiger partial charge in [-0.1, -0.05) is 41.9 Å². The SMILES string of the molecule is NC(Cc1ccccc1)C(=O)Nc1ccc(Br)c(Cl)c1. The number of rotatable bonds is 4. The number of amides is 1. The fourth-order valence-electron chi connectivity index (χ4n) is 1.77. The molecule has 0 bridgehead atoms. The van der Waals surface area contributed by atoms with Crippen LogP contribution in [0.5, 0.6) is 0 Å². The van der Waals surface area contributed by atoms with Gasteiger partial charge in [0.2, 0.25) is 5.91 Å². The number of nitrogens with two attached hydrogens (primary N) is 1. The smallest absolute Gasteiger partial charge is 0.241 e. The largest absolute Gasteiger partial charge is 0.325 e. The summed E-state index contributed by atoms with van der Waals surface area (Å²) >= 11 is 9.28. The van der Waals surface area contributed by atoms with E-state index in [1.807, 2.05) is 30.3 Å². The zero-order valence-corrected chi connectivity index (χ0v) is 13.0. The number of carbonyl (C=O) groups is 1. The average Bonchev–Trinajstić information content (AvgIpc) is 2.44. The molecule has 1 amide bonds. The van der Waals surface area contributed by atoms with Gasteiger partial charge in [-0.25, -0.2) is 0 Å². The molecule has 3 N–H and O–H groups in total. The molecule has 0 aliphatic heterocycles. The Bertz CT molecular complexity index is 604. The average molecular weight is 354 g/mol. The molecule has 2 aromatic carbocycles. The summed E-state index contributed by atoms with van der Waals surface area (Å²) in [6.45, 7) is 0. The van der Waals surface area contributed by atoms with Crippen LogP contribution in [0.3, 0.4) is 0 Å². The van der Waals surface area contributed by atoms with Crippen LogP contribution in [0, 0.1) is 0 Å². The van der Waals surface area contributed by atoms with Crippen LogP contribution < -0.4 is 11.1 Å². The van der Waals surface area contributed by atoms with Crippen molar-refractivity contribution in [3.8, 4) is 0 Å². The molecule has 20 heavy (non-hydrogen) atoms. The normalized spacial score (nSPS) is 11.9. The molecule has 2 aromatic rings. The predicted molar refractivity (Wildman–Crippen MR) is 85.9 cm³/mol. The highest BCUT2D eigenvalue weighted by atomic mass is 79.9. The van der Waals surface area contributed by atoms with E-state index in [-0.39, 0.29) is 5.91 Å². The molecule has 0 radical (unpaired) electrons. The second-order valence-corrected chi connectivity index (χ2v) is 5.68. The molecule has 0 fully saturated rings. The molecule has 1 atom stereocenters. The van der Waals surface area contributed by atoms with Gasteiger partial charge >= 0.3 is 0 Å². The first-order chi connectivity index (χ1) is 9.56. The van der Waals surface area contributed by atoms with E-state index >= 15 is 0 Å². The van der Waals surface area contributed by atoms with E-state index in [4.69, 9.17) is 17.3 Å². The minimum atomic E-state index is -0.597. The van der Waals surface area contributed by atoms with E-state index in [0.717, 1.165) is 10.0 Å². The third kappa shape index (κ3) is 4.07. The Morgan fingerprint density at radius 1 is 1.25 bits per heavy atom. The quantitative estimate of drug-likeness (QED) is 0.882. The van der Waals surface area contributed by atoms with Crippen molar-refractivity contribution in [3.05, 3.63) is 63.6 Å². The molecule has 104 valence electrons. The third-order valence-corrected chi connectivity index (χ3v) is 4.05. The Labute approximate surface area is 131 Å². The Hall–Kier alpha value is -1.36. The van der Waals surface area contributed by atoms with Crippen LogP contribution in [-0.2, 0) is 11.2 Å². The van der Waals surface area contributed by atoms with Crippen molar-refractivity contribution >= 4 is 39.1 Å². The Morgan fingerprint density at radius 2 is 1.95 bits per heavy atom. The van der Waals surface area contributed by atoms with Crippen LogP contribution in [0.25, 0.3) is 0 Å². The zero-order chi connectivity index (χ0) is 14.5. The maximum Gasteiger partial charge on any atom is 0.241 e. The Balaban J connectivity index is 1.99. The van der Waals surface area contributed by atoms with E-state index in [1.165, 1.54) is 0 Å². The lowest BCUT2D eigenvalue weighted by Gasteiger charge is -2.12. The number of carbonyl (C=O) groups excluding carboxylic acids is 1. The van der Waals surface area contributed by atoms with Crippen LogP contribution in [0.1, 0.15) is 5.56 Å². The molecule has 0 aromatic heterocycles. The molecule has 0 aliphatic rings. The molecule has 0 heterocycles. The molecule has 0 spiro atoms. The molecule has 0 aliphatic carbocycles. The minimum Gasteiger partial charge on any atom is -0.325 e. The second kappa shape index (κ2) is 6.88. The van der Waals surface area contributed by atoms with Gasteiger partial charge in [-0.2, -0.15) is 0 Å². The number of nitrogens with one attached hydrogen (secondary N) is 1. The molecule has 3 nitrogen and oxygen atoms in total. The highest BCUT2D eigenvalue weighted by Crippen LogP contribution is 2.25. The summed E-state index contributed by atoms with van der Waals surface area (Å²) < 4.78 is 0.783. The second-order valence-electron chi connectivity index (χ2n) is 4.41. The van der Waals surface area contributed by atoms with Crippen LogP contribution in [0.4, 0.5) is 5.69 Å². The van der Waals surface area contributed by atoms with E-state index in [1.54, 1.807) is 18.2 Å². The van der Waals surface area contributed by atoms with E-state index in [0.29, 0.717) is 17.1 Å². The van der Waals surface area contributed by atoms with Crippen LogP contribution in [0.2, 0.25) is 5.02 Å². The minimum absolute atomic E-state index is 0.229.